The second kappa shape index (κ2) is 7.57. The number of benzene rings is 2. The van der Waals surface area contributed by atoms with Gasteiger partial charge in [0.25, 0.3) is 5.91 Å². The first-order chi connectivity index (χ1) is 11.3. The standard InChI is InChI=1S/C17H15ClF3NO2/c1-11(12-5-4-6-13(9-12)17(19,20)21)22-16(23)10-24-15-8-3-2-7-14(15)18/h2-9,11H,10H2,1H3,(H,22,23). The highest BCUT2D eigenvalue weighted by atomic mass is 35.5. The van der Waals surface area contributed by atoms with Gasteiger partial charge >= 0.3 is 6.18 Å². The van der Waals surface area contributed by atoms with Gasteiger partial charge in [0.2, 0.25) is 0 Å². The Kier molecular flexibility index (Phi) is 5.72. The van der Waals surface area contributed by atoms with Crippen molar-refractivity contribution in [2.75, 3.05) is 6.61 Å². The van der Waals surface area contributed by atoms with Gasteiger partial charge in [0.05, 0.1) is 16.6 Å². The molecule has 1 unspecified atom stereocenters. The van der Waals surface area contributed by atoms with E-state index in [0.29, 0.717) is 16.3 Å². The molecule has 0 heterocycles. The molecule has 0 fully saturated rings. The topological polar surface area (TPSA) is 38.3 Å². The SMILES string of the molecule is CC(NC(=O)COc1ccccc1Cl)c1cccc(C(F)(F)F)c1. The van der Waals surface area contributed by atoms with Crippen LogP contribution in [0.4, 0.5) is 13.2 Å². The van der Waals surface area contributed by atoms with Crippen LogP contribution in [0.3, 0.4) is 0 Å². The highest BCUT2D eigenvalue weighted by molar-refractivity contribution is 6.32. The summed E-state index contributed by atoms with van der Waals surface area (Å²) in [6, 6.07) is 10.9. The molecule has 0 spiro atoms. The molecule has 0 radical (unpaired) electrons. The van der Waals surface area contributed by atoms with Crippen molar-refractivity contribution in [3.63, 3.8) is 0 Å². The van der Waals surface area contributed by atoms with Gasteiger partial charge in [-0.2, -0.15) is 13.2 Å². The Morgan fingerprint density at radius 2 is 1.92 bits per heavy atom. The minimum absolute atomic E-state index is 0.285. The molecule has 0 aliphatic heterocycles. The lowest BCUT2D eigenvalue weighted by atomic mass is 10.0. The van der Waals surface area contributed by atoms with Gasteiger partial charge in [-0.1, -0.05) is 35.9 Å². The lowest BCUT2D eigenvalue weighted by molar-refractivity contribution is -0.137. The van der Waals surface area contributed by atoms with Crippen LogP contribution in [0.15, 0.2) is 48.5 Å². The Morgan fingerprint density at radius 1 is 1.21 bits per heavy atom. The zero-order chi connectivity index (χ0) is 17.7. The Labute approximate surface area is 142 Å². The molecule has 0 aromatic heterocycles. The average Bonchev–Trinajstić information content (AvgIpc) is 2.53. The van der Waals surface area contributed by atoms with Crippen molar-refractivity contribution >= 4 is 17.5 Å². The number of para-hydroxylation sites is 1. The molecule has 0 bridgehead atoms. The van der Waals surface area contributed by atoms with Crippen molar-refractivity contribution in [3.8, 4) is 5.75 Å². The molecule has 2 aromatic rings. The molecule has 0 aliphatic carbocycles. The minimum atomic E-state index is -4.42. The number of ether oxygens (including phenoxy) is 1. The second-order valence-corrected chi connectivity index (χ2v) is 5.54. The van der Waals surface area contributed by atoms with Gasteiger partial charge in [0.15, 0.2) is 6.61 Å². The summed E-state index contributed by atoms with van der Waals surface area (Å²) in [6.07, 6.45) is -4.42. The second-order valence-electron chi connectivity index (χ2n) is 5.13. The fourth-order valence-electron chi connectivity index (χ4n) is 2.06. The monoisotopic (exact) mass is 357 g/mol. The molecule has 24 heavy (non-hydrogen) atoms. The van der Waals surface area contributed by atoms with Crippen molar-refractivity contribution < 1.29 is 22.7 Å². The third-order valence-corrected chi connectivity index (χ3v) is 3.60. The van der Waals surface area contributed by atoms with Crippen molar-refractivity contribution in [1.29, 1.82) is 0 Å². The van der Waals surface area contributed by atoms with E-state index in [9.17, 15) is 18.0 Å². The summed E-state index contributed by atoms with van der Waals surface area (Å²) in [5, 5.41) is 2.96. The molecule has 1 atom stereocenters. The van der Waals surface area contributed by atoms with Crippen LogP contribution in [0.5, 0.6) is 5.75 Å². The summed E-state index contributed by atoms with van der Waals surface area (Å²) >= 11 is 5.91. The van der Waals surface area contributed by atoms with Gasteiger partial charge in [-0.3, -0.25) is 4.79 Å². The quantitative estimate of drug-likeness (QED) is 0.848. The maximum atomic E-state index is 12.7. The predicted molar refractivity (Wildman–Crippen MR) is 84.9 cm³/mol. The van der Waals surface area contributed by atoms with E-state index < -0.39 is 23.7 Å². The summed E-state index contributed by atoms with van der Waals surface area (Å²) in [7, 11) is 0. The number of carbonyl (C=O) groups is 1. The van der Waals surface area contributed by atoms with Gasteiger partial charge in [-0.25, -0.2) is 0 Å². The number of carbonyl (C=O) groups excluding carboxylic acids is 1. The van der Waals surface area contributed by atoms with Gasteiger partial charge in [-0.15, -0.1) is 0 Å². The van der Waals surface area contributed by atoms with Crippen LogP contribution in [0.1, 0.15) is 24.1 Å². The van der Waals surface area contributed by atoms with Crippen LogP contribution < -0.4 is 10.1 Å². The van der Waals surface area contributed by atoms with Crippen LogP contribution in [0.25, 0.3) is 0 Å². The number of alkyl halides is 3. The van der Waals surface area contributed by atoms with Crippen molar-refractivity contribution in [1.82, 2.24) is 5.32 Å². The number of hydrogen-bond acceptors (Lipinski definition) is 2. The molecule has 7 heteroatoms. The smallest absolute Gasteiger partial charge is 0.416 e. The number of halogens is 4. The van der Waals surface area contributed by atoms with E-state index in [1.807, 2.05) is 0 Å². The maximum Gasteiger partial charge on any atom is 0.416 e. The lowest BCUT2D eigenvalue weighted by Crippen LogP contribution is -2.31. The fraction of sp³-hybridized carbons (Fsp3) is 0.235. The third kappa shape index (κ3) is 4.89. The highest BCUT2D eigenvalue weighted by Gasteiger charge is 2.30. The Bertz CT molecular complexity index is 719. The third-order valence-electron chi connectivity index (χ3n) is 3.29. The summed E-state index contributed by atoms with van der Waals surface area (Å²) in [6.45, 7) is 1.32. The van der Waals surface area contributed by atoms with Crippen molar-refractivity contribution in [2.24, 2.45) is 0 Å². The molecule has 0 saturated carbocycles. The van der Waals surface area contributed by atoms with Crippen molar-refractivity contribution in [3.05, 3.63) is 64.7 Å². The van der Waals surface area contributed by atoms with E-state index >= 15 is 0 Å². The molecular weight excluding hydrogens is 343 g/mol. The number of hydrogen-bond donors (Lipinski definition) is 1. The normalized spacial score (nSPS) is 12.5. The first-order valence-electron chi connectivity index (χ1n) is 7.11. The largest absolute Gasteiger partial charge is 0.482 e. The molecular formula is C17H15ClF3NO2. The zero-order valence-electron chi connectivity index (χ0n) is 12.7. The summed E-state index contributed by atoms with van der Waals surface area (Å²) in [5.74, 6) is -0.0964. The van der Waals surface area contributed by atoms with E-state index in [1.165, 1.54) is 12.1 Å². The van der Waals surface area contributed by atoms with Crippen LogP contribution in [0.2, 0.25) is 5.02 Å². The molecule has 2 aromatic carbocycles. The molecule has 0 aliphatic rings. The number of amides is 1. The minimum Gasteiger partial charge on any atom is -0.482 e. The summed E-state index contributed by atoms with van der Waals surface area (Å²) in [4.78, 5) is 11.9. The molecule has 0 saturated heterocycles. The van der Waals surface area contributed by atoms with E-state index in [1.54, 1.807) is 31.2 Å². The number of nitrogens with one attached hydrogen (secondary N) is 1. The first kappa shape index (κ1) is 18.1. The molecule has 1 amide bonds. The van der Waals surface area contributed by atoms with Crippen LogP contribution in [-0.2, 0) is 11.0 Å². The summed E-state index contributed by atoms with van der Waals surface area (Å²) < 4.78 is 43.5. The van der Waals surface area contributed by atoms with Crippen LogP contribution >= 0.6 is 11.6 Å². The molecule has 2 rings (SSSR count). The Morgan fingerprint density at radius 3 is 2.58 bits per heavy atom. The van der Waals surface area contributed by atoms with Gasteiger partial charge in [0.1, 0.15) is 5.75 Å². The maximum absolute atomic E-state index is 12.7. The van der Waals surface area contributed by atoms with Gasteiger partial charge in [0, 0.05) is 0 Å². The van der Waals surface area contributed by atoms with Crippen LogP contribution in [-0.4, -0.2) is 12.5 Å². The summed E-state index contributed by atoms with van der Waals surface area (Å²) in [5.41, 5.74) is -0.399. The fourth-order valence-corrected chi connectivity index (χ4v) is 2.25. The first-order valence-corrected chi connectivity index (χ1v) is 7.49. The van der Waals surface area contributed by atoms with E-state index in [-0.39, 0.29) is 6.61 Å². The lowest BCUT2D eigenvalue weighted by Gasteiger charge is -2.16. The average molecular weight is 358 g/mol. The molecule has 1 N–H and O–H groups in total. The number of rotatable bonds is 5. The van der Waals surface area contributed by atoms with Crippen LogP contribution in [0, 0.1) is 0 Å². The Hall–Kier alpha value is -2.21. The molecule has 3 nitrogen and oxygen atoms in total. The zero-order valence-corrected chi connectivity index (χ0v) is 13.5. The van der Waals surface area contributed by atoms with E-state index in [4.69, 9.17) is 16.3 Å². The van der Waals surface area contributed by atoms with Gasteiger partial charge in [-0.05, 0) is 36.8 Å². The van der Waals surface area contributed by atoms with E-state index in [2.05, 4.69) is 5.32 Å². The predicted octanol–water partition coefficient (Wildman–Crippen LogP) is 4.62. The molecule has 128 valence electrons. The van der Waals surface area contributed by atoms with E-state index in [0.717, 1.165) is 12.1 Å². The Balaban J connectivity index is 1.95. The van der Waals surface area contributed by atoms with Gasteiger partial charge < -0.3 is 10.1 Å². The highest BCUT2D eigenvalue weighted by Crippen LogP contribution is 2.30. The van der Waals surface area contributed by atoms with Crippen molar-refractivity contribution in [2.45, 2.75) is 19.1 Å².